The molecule has 0 aliphatic carbocycles. The van der Waals surface area contributed by atoms with Gasteiger partial charge in [0.2, 0.25) is 0 Å². The Kier molecular flexibility index (Phi) is 2.50. The van der Waals surface area contributed by atoms with Crippen LogP contribution in [0.15, 0.2) is 18.2 Å². The number of hydrogen-bond acceptors (Lipinski definition) is 2. The van der Waals surface area contributed by atoms with Gasteiger partial charge in [-0.05, 0) is 17.9 Å². The number of nitrogen functional groups attached to an aromatic ring is 1. The highest BCUT2D eigenvalue weighted by atomic mass is 16.3. The van der Waals surface area contributed by atoms with Crippen LogP contribution in [0.25, 0.3) is 0 Å². The molecule has 1 aromatic rings. The Morgan fingerprint density at radius 2 is 2.00 bits per heavy atom. The van der Waals surface area contributed by atoms with E-state index in [2.05, 4.69) is 20.8 Å². The van der Waals surface area contributed by atoms with Crippen molar-refractivity contribution in [1.29, 1.82) is 0 Å². The molecule has 0 amide bonds. The lowest BCUT2D eigenvalue weighted by molar-refractivity contribution is 0.431. The van der Waals surface area contributed by atoms with Crippen molar-refractivity contribution in [2.45, 2.75) is 32.6 Å². The fraction of sp³-hybridized carbons (Fsp3) is 0.455. The van der Waals surface area contributed by atoms with Crippen molar-refractivity contribution in [3.63, 3.8) is 0 Å². The van der Waals surface area contributed by atoms with Gasteiger partial charge in [-0.25, -0.2) is 0 Å². The van der Waals surface area contributed by atoms with Crippen LogP contribution in [0, 0.1) is 0 Å². The van der Waals surface area contributed by atoms with Crippen LogP contribution in [0.5, 0.6) is 5.75 Å². The van der Waals surface area contributed by atoms with Gasteiger partial charge in [-0.1, -0.05) is 32.9 Å². The van der Waals surface area contributed by atoms with Crippen LogP contribution >= 0.6 is 0 Å². The third-order valence-corrected chi connectivity index (χ3v) is 2.68. The van der Waals surface area contributed by atoms with Gasteiger partial charge < -0.3 is 10.8 Å². The minimum atomic E-state index is -0.0144. The van der Waals surface area contributed by atoms with Gasteiger partial charge in [-0.2, -0.15) is 0 Å². The first kappa shape index (κ1) is 9.90. The van der Waals surface area contributed by atoms with E-state index in [1.807, 2.05) is 12.1 Å². The lowest BCUT2D eigenvalue weighted by Crippen LogP contribution is -2.15. The molecule has 0 saturated carbocycles. The van der Waals surface area contributed by atoms with Crippen LogP contribution in [0.1, 0.15) is 32.8 Å². The summed E-state index contributed by atoms with van der Waals surface area (Å²) in [5.74, 6) is 0.231. The SMILES string of the molecule is CCC(C)(C)c1cccc(N)c1O. The second kappa shape index (κ2) is 3.29. The topological polar surface area (TPSA) is 46.2 Å². The van der Waals surface area contributed by atoms with E-state index in [1.54, 1.807) is 6.07 Å². The van der Waals surface area contributed by atoms with E-state index in [0.717, 1.165) is 12.0 Å². The molecular formula is C11H17NO. The molecule has 0 fully saturated rings. The van der Waals surface area contributed by atoms with E-state index in [-0.39, 0.29) is 11.2 Å². The fourth-order valence-electron chi connectivity index (χ4n) is 1.30. The van der Waals surface area contributed by atoms with Crippen LogP contribution in [0.3, 0.4) is 0 Å². The molecule has 3 N–H and O–H groups in total. The minimum Gasteiger partial charge on any atom is -0.505 e. The highest BCUT2D eigenvalue weighted by Crippen LogP contribution is 2.36. The van der Waals surface area contributed by atoms with Crippen molar-refractivity contribution in [3.05, 3.63) is 23.8 Å². The smallest absolute Gasteiger partial charge is 0.142 e. The number of para-hydroxylation sites is 1. The van der Waals surface area contributed by atoms with E-state index in [4.69, 9.17) is 5.73 Å². The molecular weight excluding hydrogens is 162 g/mol. The standard InChI is InChI=1S/C11H17NO/c1-4-11(2,3)8-6-5-7-9(12)10(8)13/h5-7,13H,4,12H2,1-3H3. The van der Waals surface area contributed by atoms with Crippen LogP contribution < -0.4 is 5.73 Å². The first-order valence-electron chi connectivity index (χ1n) is 4.57. The number of anilines is 1. The molecule has 0 aliphatic rings. The Labute approximate surface area is 79.4 Å². The predicted octanol–water partition coefficient (Wildman–Crippen LogP) is 2.66. The van der Waals surface area contributed by atoms with Crippen molar-refractivity contribution < 1.29 is 5.11 Å². The normalized spacial score (nSPS) is 11.6. The zero-order chi connectivity index (χ0) is 10.1. The third-order valence-electron chi connectivity index (χ3n) is 2.68. The zero-order valence-corrected chi connectivity index (χ0v) is 8.46. The van der Waals surface area contributed by atoms with Crippen LogP contribution in [-0.4, -0.2) is 5.11 Å². The molecule has 0 heterocycles. The highest BCUT2D eigenvalue weighted by molar-refractivity contribution is 5.57. The molecule has 1 rings (SSSR count). The Morgan fingerprint density at radius 3 is 2.54 bits per heavy atom. The molecule has 2 nitrogen and oxygen atoms in total. The number of nitrogens with two attached hydrogens (primary N) is 1. The maximum atomic E-state index is 9.74. The number of aromatic hydroxyl groups is 1. The van der Waals surface area contributed by atoms with Crippen LogP contribution in [-0.2, 0) is 5.41 Å². The molecule has 13 heavy (non-hydrogen) atoms. The minimum absolute atomic E-state index is 0.0144. The van der Waals surface area contributed by atoms with Gasteiger partial charge in [0.05, 0.1) is 5.69 Å². The van der Waals surface area contributed by atoms with E-state index < -0.39 is 0 Å². The Balaban J connectivity index is 3.22. The first-order chi connectivity index (χ1) is 5.99. The lowest BCUT2D eigenvalue weighted by atomic mass is 9.81. The predicted molar refractivity (Wildman–Crippen MR) is 55.8 cm³/mol. The first-order valence-corrected chi connectivity index (χ1v) is 4.57. The zero-order valence-electron chi connectivity index (χ0n) is 8.46. The number of benzene rings is 1. The summed E-state index contributed by atoms with van der Waals surface area (Å²) in [6.07, 6.45) is 0.976. The molecule has 0 atom stereocenters. The van der Waals surface area contributed by atoms with Gasteiger partial charge in [-0.15, -0.1) is 0 Å². The number of phenols is 1. The lowest BCUT2D eigenvalue weighted by Gasteiger charge is -2.24. The van der Waals surface area contributed by atoms with Crippen molar-refractivity contribution in [1.82, 2.24) is 0 Å². The molecule has 0 aromatic heterocycles. The van der Waals surface area contributed by atoms with Gasteiger partial charge in [-0.3, -0.25) is 0 Å². The maximum absolute atomic E-state index is 9.74. The van der Waals surface area contributed by atoms with E-state index >= 15 is 0 Å². The average Bonchev–Trinajstić information content (AvgIpc) is 2.09. The summed E-state index contributed by atoms with van der Waals surface area (Å²) in [6.45, 7) is 6.30. The molecule has 0 bridgehead atoms. The van der Waals surface area contributed by atoms with Gasteiger partial charge in [0, 0.05) is 5.56 Å². The van der Waals surface area contributed by atoms with Crippen LogP contribution in [0.2, 0.25) is 0 Å². The quantitative estimate of drug-likeness (QED) is 0.541. The van der Waals surface area contributed by atoms with Crippen molar-refractivity contribution >= 4 is 5.69 Å². The van der Waals surface area contributed by atoms with E-state index in [1.165, 1.54) is 0 Å². The molecule has 2 heteroatoms. The van der Waals surface area contributed by atoms with Gasteiger partial charge in [0.15, 0.2) is 0 Å². The van der Waals surface area contributed by atoms with E-state index in [0.29, 0.717) is 5.69 Å². The summed E-state index contributed by atoms with van der Waals surface area (Å²) in [6, 6.07) is 5.52. The Morgan fingerprint density at radius 1 is 1.38 bits per heavy atom. The van der Waals surface area contributed by atoms with E-state index in [9.17, 15) is 5.11 Å². The molecule has 72 valence electrons. The molecule has 1 aromatic carbocycles. The van der Waals surface area contributed by atoms with Gasteiger partial charge in [0.1, 0.15) is 5.75 Å². The summed E-state index contributed by atoms with van der Waals surface area (Å²) in [7, 11) is 0. The third kappa shape index (κ3) is 1.77. The molecule has 0 aliphatic heterocycles. The number of phenolic OH excluding ortho intramolecular Hbond substituents is 1. The average molecular weight is 179 g/mol. The Hall–Kier alpha value is -1.18. The number of hydrogen-bond donors (Lipinski definition) is 2. The molecule has 0 spiro atoms. The van der Waals surface area contributed by atoms with Crippen LogP contribution in [0.4, 0.5) is 5.69 Å². The summed E-state index contributed by atoms with van der Waals surface area (Å²) < 4.78 is 0. The van der Waals surface area contributed by atoms with Crippen molar-refractivity contribution in [2.75, 3.05) is 5.73 Å². The van der Waals surface area contributed by atoms with Gasteiger partial charge >= 0.3 is 0 Å². The molecule has 0 radical (unpaired) electrons. The summed E-state index contributed by atoms with van der Waals surface area (Å²) in [4.78, 5) is 0. The molecule has 0 saturated heterocycles. The van der Waals surface area contributed by atoms with Crippen molar-refractivity contribution in [2.24, 2.45) is 0 Å². The maximum Gasteiger partial charge on any atom is 0.142 e. The second-order valence-corrected chi connectivity index (χ2v) is 3.98. The summed E-state index contributed by atoms with van der Waals surface area (Å²) in [5.41, 5.74) is 6.99. The second-order valence-electron chi connectivity index (χ2n) is 3.98. The summed E-state index contributed by atoms with van der Waals surface area (Å²) in [5, 5.41) is 9.74. The fourth-order valence-corrected chi connectivity index (χ4v) is 1.30. The largest absolute Gasteiger partial charge is 0.505 e. The van der Waals surface area contributed by atoms with Crippen molar-refractivity contribution in [3.8, 4) is 5.75 Å². The highest BCUT2D eigenvalue weighted by Gasteiger charge is 2.22. The molecule has 0 unspecified atom stereocenters. The monoisotopic (exact) mass is 179 g/mol. The summed E-state index contributed by atoms with van der Waals surface area (Å²) >= 11 is 0. The van der Waals surface area contributed by atoms with Gasteiger partial charge in [0.25, 0.3) is 0 Å². The number of rotatable bonds is 2. The Bertz CT molecular complexity index is 305.